The Morgan fingerprint density at radius 3 is 1.13 bits per heavy atom. The van der Waals surface area contributed by atoms with Crippen molar-refractivity contribution in [2.24, 2.45) is 0 Å². The third-order valence-corrected chi connectivity index (χ3v) is 10.4. The molecule has 2 saturated heterocycles. The molecule has 0 radical (unpaired) electrons. The van der Waals surface area contributed by atoms with E-state index in [1.165, 1.54) is 97.3 Å². The topological polar surface area (TPSA) is 324 Å². The van der Waals surface area contributed by atoms with E-state index in [0.29, 0.717) is 16.7 Å². The van der Waals surface area contributed by atoms with Crippen LogP contribution in [0.2, 0.25) is 0 Å². The summed E-state index contributed by atoms with van der Waals surface area (Å²) in [5, 5.41) is 85.0. The van der Waals surface area contributed by atoms with Gasteiger partial charge in [-0.1, -0.05) is 0 Å². The molecule has 0 aromatic heterocycles. The molecule has 1 unspecified atom stereocenters. The van der Waals surface area contributed by atoms with Crippen LogP contribution < -0.4 is 28.4 Å². The summed E-state index contributed by atoms with van der Waals surface area (Å²) in [6.45, 7) is -1.63. The fourth-order valence-electron chi connectivity index (χ4n) is 6.79. The van der Waals surface area contributed by atoms with Gasteiger partial charge in [0.1, 0.15) is 36.6 Å². The van der Waals surface area contributed by atoms with E-state index in [4.69, 9.17) is 56.8 Å². The van der Waals surface area contributed by atoms with Gasteiger partial charge in [-0.15, -0.1) is 0 Å². The first-order chi connectivity index (χ1) is 32.5. The summed E-state index contributed by atoms with van der Waals surface area (Å²) < 4.78 is 64.4. The highest BCUT2D eigenvalue weighted by molar-refractivity contribution is 5.89. The van der Waals surface area contributed by atoms with Crippen LogP contribution in [0.4, 0.5) is 0 Å². The van der Waals surface area contributed by atoms with Crippen LogP contribution in [0.1, 0.15) is 16.7 Å². The molecule has 10 atom stereocenters. The molecule has 0 aliphatic carbocycles. The molecule has 8 N–H and O–H groups in total. The van der Waals surface area contributed by atoms with E-state index in [0.717, 1.165) is 18.2 Å². The minimum atomic E-state index is -2.06. The summed E-state index contributed by atoms with van der Waals surface area (Å²) in [5.74, 6) is -4.17. The molecule has 2 aliphatic rings. The summed E-state index contributed by atoms with van der Waals surface area (Å²) in [7, 11) is 7.79. The molecule has 3 aromatic carbocycles. The second-order valence-electron chi connectivity index (χ2n) is 14.6. The number of phenolic OH excluding ortho intramolecular Hbond substituents is 3. The highest BCUT2D eigenvalue weighted by Crippen LogP contribution is 2.40. The molecule has 2 fully saturated rings. The number of aliphatic hydroxyl groups excluding tert-OH is 5. The number of esters is 3. The molecule has 0 spiro atoms. The number of rotatable bonds is 19. The normalized spacial score (nSPS) is 24.9. The number of benzene rings is 3. The predicted molar refractivity (Wildman–Crippen MR) is 231 cm³/mol. The zero-order valence-corrected chi connectivity index (χ0v) is 37.3. The zero-order valence-electron chi connectivity index (χ0n) is 37.3. The quantitative estimate of drug-likeness (QED) is 0.0462. The molecule has 23 heteroatoms. The summed E-state index contributed by atoms with van der Waals surface area (Å²) in [6.07, 6.45) is -11.8. The molecule has 2 heterocycles. The molecule has 0 saturated carbocycles. The number of aromatic hydroxyl groups is 3. The average molecular weight is 961 g/mol. The molecular weight excluding hydrogens is 908 g/mol. The second-order valence-corrected chi connectivity index (χ2v) is 14.6. The van der Waals surface area contributed by atoms with Gasteiger partial charge in [-0.05, 0) is 71.3 Å². The van der Waals surface area contributed by atoms with Gasteiger partial charge in [0.05, 0.1) is 55.9 Å². The van der Waals surface area contributed by atoms with Crippen molar-refractivity contribution in [2.75, 3.05) is 55.9 Å². The maximum atomic E-state index is 13.3. The lowest BCUT2D eigenvalue weighted by Gasteiger charge is -2.43. The zero-order chi connectivity index (χ0) is 49.8. The van der Waals surface area contributed by atoms with Crippen molar-refractivity contribution in [3.63, 3.8) is 0 Å². The van der Waals surface area contributed by atoms with Crippen LogP contribution in [-0.4, -0.2) is 176 Å². The Kier molecular flexibility index (Phi) is 18.2. The maximum absolute atomic E-state index is 13.3. The standard InChI is InChI=1S/C45H52O23/c1-57-24-13-21(14-25(58-2)35(24)50)7-10-32(47)66-42-40(55)38(53)30(19-46)64-44(42)63-20-31-39(54)41(56)43(67-33(48)11-8-22-15-26(59-3)36(51)27(16-22)60-4)45(65-31)68-34(49)12-9-23-17-28(61-5)37(52)29(18-23)62-6/h7-18,30-31,38-46,50-56H,19-20H2,1-6H3/b10-7+,11-8+,12-9+/t30-,31-,38-,39-,40+,41+,42-,43-,44-,45?/m1/s1. The van der Waals surface area contributed by atoms with Crippen LogP contribution in [0.25, 0.3) is 18.2 Å². The van der Waals surface area contributed by atoms with Crippen molar-refractivity contribution in [3.05, 3.63) is 71.3 Å². The van der Waals surface area contributed by atoms with Crippen molar-refractivity contribution in [3.8, 4) is 51.7 Å². The lowest BCUT2D eigenvalue weighted by molar-refractivity contribution is -0.328. The summed E-state index contributed by atoms with van der Waals surface area (Å²) in [6, 6.07) is 8.26. The average Bonchev–Trinajstić information content (AvgIpc) is 3.33. The van der Waals surface area contributed by atoms with Gasteiger partial charge in [-0.2, -0.15) is 0 Å². The van der Waals surface area contributed by atoms with E-state index in [-0.39, 0.29) is 51.7 Å². The number of hydrogen-bond acceptors (Lipinski definition) is 23. The minimum absolute atomic E-state index is 0.0103. The van der Waals surface area contributed by atoms with E-state index in [1.54, 1.807) is 0 Å². The van der Waals surface area contributed by atoms with Crippen LogP contribution in [0.3, 0.4) is 0 Å². The lowest BCUT2D eigenvalue weighted by atomic mass is 9.98. The van der Waals surface area contributed by atoms with Crippen molar-refractivity contribution >= 4 is 36.1 Å². The van der Waals surface area contributed by atoms with Gasteiger partial charge in [0.25, 0.3) is 0 Å². The summed E-state index contributed by atoms with van der Waals surface area (Å²) in [5.41, 5.74) is 0.906. The summed E-state index contributed by atoms with van der Waals surface area (Å²) in [4.78, 5) is 39.6. The van der Waals surface area contributed by atoms with Gasteiger partial charge in [-0.3, -0.25) is 0 Å². The van der Waals surface area contributed by atoms with Gasteiger partial charge < -0.3 is 97.7 Å². The SMILES string of the molecule is COc1cc(/C=C/C(=O)OC2O[C@H](CO[C@@H]3O[C@H](CO)[C@@H](O)[C@H](O)[C@H]3OC(=O)/C=C/c3cc(OC)c(O)c(OC)c3)[C@@H](O)[C@H](O)[C@H]2OC(=O)/C=C/c2cc(OC)c(O)c(OC)c2)cc(OC)c1O. The van der Waals surface area contributed by atoms with Crippen LogP contribution in [0, 0.1) is 0 Å². The van der Waals surface area contributed by atoms with Gasteiger partial charge in [0, 0.05) is 18.2 Å². The lowest BCUT2D eigenvalue weighted by Crippen LogP contribution is -2.63. The van der Waals surface area contributed by atoms with Crippen LogP contribution in [0.15, 0.2) is 54.6 Å². The van der Waals surface area contributed by atoms with Crippen molar-refractivity contribution in [1.29, 1.82) is 0 Å². The molecule has 0 amide bonds. The monoisotopic (exact) mass is 960 g/mol. The number of ether oxygens (including phenoxy) is 12. The van der Waals surface area contributed by atoms with E-state index in [9.17, 15) is 55.2 Å². The molecule has 68 heavy (non-hydrogen) atoms. The predicted octanol–water partition coefficient (Wildman–Crippen LogP) is 0.564. The number of carbonyl (C=O) groups is 3. The van der Waals surface area contributed by atoms with Crippen molar-refractivity contribution < 1.29 is 112 Å². The first-order valence-corrected chi connectivity index (χ1v) is 20.3. The third-order valence-electron chi connectivity index (χ3n) is 10.4. The van der Waals surface area contributed by atoms with E-state index in [1.807, 2.05) is 0 Å². The Balaban J connectivity index is 1.38. The largest absolute Gasteiger partial charge is 0.502 e. The molecule has 3 aromatic rings. The highest BCUT2D eigenvalue weighted by Gasteiger charge is 2.51. The third kappa shape index (κ3) is 12.4. The Hall–Kier alpha value is -6.83. The molecule has 370 valence electrons. The second kappa shape index (κ2) is 23.8. The minimum Gasteiger partial charge on any atom is -0.502 e. The number of carbonyl (C=O) groups excluding carboxylic acids is 3. The number of methoxy groups -OCH3 is 6. The van der Waals surface area contributed by atoms with E-state index < -0.39 is 92.5 Å². The number of aliphatic hydroxyl groups is 5. The Morgan fingerprint density at radius 2 is 0.794 bits per heavy atom. The fraction of sp³-hybridized carbons (Fsp3) is 0.400. The Morgan fingerprint density at radius 1 is 0.485 bits per heavy atom. The van der Waals surface area contributed by atoms with Gasteiger partial charge in [0.2, 0.25) is 23.5 Å². The first kappa shape index (κ1) is 52.1. The van der Waals surface area contributed by atoms with Crippen molar-refractivity contribution in [2.45, 2.75) is 61.4 Å². The molecule has 23 nitrogen and oxygen atoms in total. The van der Waals surface area contributed by atoms with E-state index in [2.05, 4.69) is 0 Å². The van der Waals surface area contributed by atoms with Crippen molar-refractivity contribution in [1.82, 2.24) is 0 Å². The summed E-state index contributed by atoms with van der Waals surface area (Å²) >= 11 is 0. The Labute approximate surface area is 388 Å². The number of hydrogen-bond donors (Lipinski definition) is 8. The first-order valence-electron chi connectivity index (χ1n) is 20.3. The van der Waals surface area contributed by atoms with Gasteiger partial charge >= 0.3 is 17.9 Å². The van der Waals surface area contributed by atoms with Gasteiger partial charge in [-0.25, -0.2) is 14.4 Å². The van der Waals surface area contributed by atoms with Crippen LogP contribution in [0.5, 0.6) is 51.7 Å². The number of phenols is 3. The van der Waals surface area contributed by atoms with E-state index >= 15 is 0 Å². The molecule has 5 rings (SSSR count). The van der Waals surface area contributed by atoms with Crippen LogP contribution >= 0.6 is 0 Å². The van der Waals surface area contributed by atoms with Crippen LogP contribution in [-0.2, 0) is 42.8 Å². The molecular formula is C45H52O23. The highest BCUT2D eigenvalue weighted by atomic mass is 16.8. The molecule has 2 aliphatic heterocycles. The maximum Gasteiger partial charge on any atom is 0.333 e. The smallest absolute Gasteiger partial charge is 0.333 e. The molecule has 0 bridgehead atoms. The van der Waals surface area contributed by atoms with Gasteiger partial charge in [0.15, 0.2) is 53.0 Å². The Bertz CT molecular complexity index is 2250. The fourth-order valence-corrected chi connectivity index (χ4v) is 6.79.